The molecule has 8 heteroatoms. The molecule has 0 saturated heterocycles. The molecule has 0 aliphatic carbocycles. The van der Waals surface area contributed by atoms with Gasteiger partial charge >= 0.3 is 16.0 Å². The van der Waals surface area contributed by atoms with Gasteiger partial charge in [0.15, 0.2) is 5.69 Å². The van der Waals surface area contributed by atoms with Crippen LogP contribution in [0.1, 0.15) is 41.4 Å². The lowest BCUT2D eigenvalue weighted by Crippen LogP contribution is -2.51. The largest absolute Gasteiger partial charge is 0.462 e. The van der Waals surface area contributed by atoms with E-state index in [1.165, 1.54) is 0 Å². The maximum Gasteiger partial charge on any atom is 0.338 e. The SMILES string of the molecule is CCOC(=O)c1ccc(C(O)c2cccc([N+]3(S(=O)(=O)CC)C=C(CN)C=CC3)c2)cc1. The molecule has 1 aliphatic heterocycles. The average molecular weight is 458 g/mol. The molecule has 2 unspecified atom stereocenters. The Hall–Kier alpha value is -2.78. The Balaban J connectivity index is 2.00. The third kappa shape index (κ3) is 4.54. The number of rotatable bonds is 8. The first-order valence-corrected chi connectivity index (χ1v) is 12.1. The maximum atomic E-state index is 13.2. The lowest BCUT2D eigenvalue weighted by Gasteiger charge is -2.34. The summed E-state index contributed by atoms with van der Waals surface area (Å²) in [6.07, 6.45) is 4.34. The number of carbonyl (C=O) groups is 1. The summed E-state index contributed by atoms with van der Waals surface area (Å²) < 4.78 is 31.0. The number of sulfonamides is 1. The van der Waals surface area contributed by atoms with Gasteiger partial charge in [-0.25, -0.2) is 4.79 Å². The maximum absolute atomic E-state index is 13.2. The smallest absolute Gasteiger partial charge is 0.338 e. The van der Waals surface area contributed by atoms with Crippen molar-refractivity contribution in [1.82, 2.24) is 3.89 Å². The average Bonchev–Trinajstić information content (AvgIpc) is 2.83. The second kappa shape index (κ2) is 9.79. The van der Waals surface area contributed by atoms with Crippen LogP contribution in [-0.4, -0.2) is 44.9 Å². The van der Waals surface area contributed by atoms with Crippen LogP contribution in [-0.2, 0) is 14.8 Å². The molecule has 0 radical (unpaired) electrons. The summed E-state index contributed by atoms with van der Waals surface area (Å²) in [4.78, 5) is 11.9. The van der Waals surface area contributed by atoms with Gasteiger partial charge in [0.2, 0.25) is 0 Å². The number of aliphatic hydroxyl groups excluding tert-OH is 1. The summed E-state index contributed by atoms with van der Waals surface area (Å²) in [6.45, 7) is 4.11. The summed E-state index contributed by atoms with van der Waals surface area (Å²) in [5, 5.41) is 11.0. The first-order chi connectivity index (χ1) is 15.3. The van der Waals surface area contributed by atoms with Crippen LogP contribution >= 0.6 is 0 Å². The summed E-state index contributed by atoms with van der Waals surface area (Å²) in [7, 11) is -3.59. The van der Waals surface area contributed by atoms with Gasteiger partial charge in [-0.15, -0.1) is 0 Å². The fourth-order valence-corrected chi connectivity index (χ4v) is 5.25. The number of nitrogens with zero attached hydrogens (tertiary/aromatic N) is 1. The number of hydrogen-bond acceptors (Lipinski definition) is 6. The Labute approximate surface area is 189 Å². The van der Waals surface area contributed by atoms with Crippen LogP contribution in [0.25, 0.3) is 0 Å². The van der Waals surface area contributed by atoms with Crippen LogP contribution in [0, 0.1) is 0 Å². The molecule has 170 valence electrons. The molecule has 3 rings (SSSR count). The zero-order valence-corrected chi connectivity index (χ0v) is 19.1. The minimum absolute atomic E-state index is 0.0444. The van der Waals surface area contributed by atoms with Gasteiger partial charge in [-0.05, 0) is 43.2 Å². The Morgan fingerprint density at radius 2 is 1.88 bits per heavy atom. The third-order valence-corrected chi connectivity index (χ3v) is 7.73. The van der Waals surface area contributed by atoms with Crippen LogP contribution in [0.3, 0.4) is 0 Å². The lowest BCUT2D eigenvalue weighted by atomic mass is 9.99. The van der Waals surface area contributed by atoms with Crippen LogP contribution in [0.15, 0.2) is 72.5 Å². The van der Waals surface area contributed by atoms with Crippen LogP contribution in [0.5, 0.6) is 0 Å². The number of nitrogens with two attached hydrogens (primary N) is 1. The number of benzene rings is 2. The molecule has 2 atom stereocenters. The summed E-state index contributed by atoms with van der Waals surface area (Å²) in [6, 6.07) is 13.5. The first-order valence-electron chi connectivity index (χ1n) is 10.5. The molecular formula is C24H29N2O5S+. The van der Waals surface area contributed by atoms with E-state index in [4.69, 9.17) is 10.5 Å². The number of esters is 1. The molecule has 0 saturated carbocycles. The Kier molecular flexibility index (Phi) is 7.30. The van der Waals surface area contributed by atoms with E-state index in [-0.39, 0.29) is 29.3 Å². The van der Waals surface area contributed by atoms with Gasteiger partial charge in [0.05, 0.1) is 17.9 Å². The molecule has 0 aromatic heterocycles. The molecule has 1 heterocycles. The topological polar surface area (TPSA) is 107 Å². The number of quaternary nitrogens is 1. The summed E-state index contributed by atoms with van der Waals surface area (Å²) in [5.41, 5.74) is 8.58. The highest BCUT2D eigenvalue weighted by molar-refractivity contribution is 7.91. The van der Waals surface area contributed by atoms with Crippen molar-refractivity contribution in [3.63, 3.8) is 0 Å². The predicted octanol–water partition coefficient (Wildman–Crippen LogP) is 3.01. The quantitative estimate of drug-likeness (QED) is 0.466. The summed E-state index contributed by atoms with van der Waals surface area (Å²) >= 11 is 0. The molecule has 0 fully saturated rings. The van der Waals surface area contributed by atoms with Gasteiger partial charge in [-0.2, -0.15) is 12.3 Å². The van der Waals surface area contributed by atoms with Gasteiger partial charge in [-0.3, -0.25) is 0 Å². The van der Waals surface area contributed by atoms with Crippen molar-refractivity contribution < 1.29 is 23.1 Å². The molecular weight excluding hydrogens is 428 g/mol. The fraction of sp³-hybridized carbons (Fsp3) is 0.292. The van der Waals surface area contributed by atoms with Gasteiger partial charge in [0.1, 0.15) is 18.8 Å². The molecule has 0 amide bonds. The van der Waals surface area contributed by atoms with Crippen LogP contribution in [0.2, 0.25) is 0 Å². The van der Waals surface area contributed by atoms with Crippen molar-refractivity contribution in [2.75, 3.05) is 25.4 Å². The highest BCUT2D eigenvalue weighted by Gasteiger charge is 2.42. The van der Waals surface area contributed by atoms with Crippen molar-refractivity contribution in [1.29, 1.82) is 0 Å². The number of aliphatic hydroxyl groups is 1. The van der Waals surface area contributed by atoms with Crippen molar-refractivity contribution in [2.24, 2.45) is 5.73 Å². The van der Waals surface area contributed by atoms with Gasteiger partial charge in [0, 0.05) is 24.3 Å². The van der Waals surface area contributed by atoms with E-state index in [2.05, 4.69) is 0 Å². The van der Waals surface area contributed by atoms with Crippen molar-refractivity contribution in [3.05, 3.63) is 89.1 Å². The predicted molar refractivity (Wildman–Crippen MR) is 125 cm³/mol. The van der Waals surface area contributed by atoms with Gasteiger partial charge in [0.25, 0.3) is 0 Å². The number of hydrogen-bond donors (Lipinski definition) is 2. The standard InChI is InChI=1S/C24H29N2O5S/c1-3-31-24(28)20-12-10-19(11-13-20)23(27)21-8-5-9-22(15-21)26(32(29,30)4-2)14-6-7-18(16-25)17-26/h5-13,15,17,23,27H,3-4,14,16,25H2,1-2H3/q+1. The highest BCUT2D eigenvalue weighted by atomic mass is 32.2. The van der Waals surface area contributed by atoms with Crippen molar-refractivity contribution >= 4 is 21.7 Å². The van der Waals surface area contributed by atoms with E-state index >= 15 is 0 Å². The van der Waals surface area contributed by atoms with E-state index in [1.807, 2.05) is 12.2 Å². The van der Waals surface area contributed by atoms with E-state index in [1.54, 1.807) is 68.6 Å². The Morgan fingerprint density at radius 1 is 1.16 bits per heavy atom. The Morgan fingerprint density at radius 3 is 2.50 bits per heavy atom. The second-order valence-electron chi connectivity index (χ2n) is 7.50. The molecule has 2 aromatic carbocycles. The van der Waals surface area contributed by atoms with E-state index in [9.17, 15) is 18.3 Å². The van der Waals surface area contributed by atoms with E-state index in [0.717, 1.165) is 5.57 Å². The van der Waals surface area contributed by atoms with Crippen LogP contribution < -0.4 is 9.62 Å². The van der Waals surface area contributed by atoms with Crippen LogP contribution in [0.4, 0.5) is 5.69 Å². The fourth-order valence-electron chi connectivity index (χ4n) is 3.75. The monoisotopic (exact) mass is 457 g/mol. The molecule has 1 aliphatic rings. The number of carbonyl (C=O) groups excluding carboxylic acids is 1. The van der Waals surface area contributed by atoms with Crippen molar-refractivity contribution in [2.45, 2.75) is 20.0 Å². The number of ether oxygens (including phenoxy) is 1. The van der Waals surface area contributed by atoms with E-state index in [0.29, 0.717) is 22.4 Å². The lowest BCUT2D eigenvalue weighted by molar-refractivity contribution is 0.0526. The molecule has 32 heavy (non-hydrogen) atoms. The first kappa shape index (κ1) is 23.9. The molecule has 0 spiro atoms. The Bertz CT molecular complexity index is 1140. The normalized spacial score (nSPS) is 19.3. The zero-order valence-electron chi connectivity index (χ0n) is 18.3. The van der Waals surface area contributed by atoms with E-state index < -0.39 is 22.1 Å². The third-order valence-electron chi connectivity index (χ3n) is 5.54. The minimum atomic E-state index is -3.59. The second-order valence-corrected chi connectivity index (χ2v) is 9.89. The summed E-state index contributed by atoms with van der Waals surface area (Å²) in [5.74, 6) is -0.468. The zero-order chi connectivity index (χ0) is 23.4. The molecule has 3 N–H and O–H groups in total. The van der Waals surface area contributed by atoms with Gasteiger partial charge < -0.3 is 15.6 Å². The van der Waals surface area contributed by atoms with Crippen molar-refractivity contribution in [3.8, 4) is 0 Å². The highest BCUT2D eigenvalue weighted by Crippen LogP contribution is 2.35. The molecule has 0 bridgehead atoms. The molecule has 7 nitrogen and oxygen atoms in total. The molecule has 2 aromatic rings. The minimum Gasteiger partial charge on any atom is -0.462 e. The van der Waals surface area contributed by atoms with Gasteiger partial charge in [-0.1, -0.05) is 30.3 Å².